The molecule has 0 saturated carbocycles. The monoisotopic (exact) mass is 378 g/mol. The Morgan fingerprint density at radius 3 is 2.62 bits per heavy atom. The maximum Gasteiger partial charge on any atom is 0.330 e. The quantitative estimate of drug-likeness (QED) is 0.314. The molecule has 26 heavy (non-hydrogen) atoms. The zero-order valence-corrected chi connectivity index (χ0v) is 15.6. The number of nitro groups is 1. The lowest BCUT2D eigenvalue weighted by atomic mass is 9.86. The number of nitrogens with zero attached hydrogens (tertiary/aromatic N) is 2. The topological polar surface area (TPSA) is 89.8 Å². The minimum atomic E-state index is -0.529. The van der Waals surface area contributed by atoms with Gasteiger partial charge in [0.15, 0.2) is 0 Å². The minimum Gasteiger partial charge on any atom is -0.459 e. The highest BCUT2D eigenvalue weighted by atomic mass is 32.2. The molecule has 4 atom stereocenters. The van der Waals surface area contributed by atoms with Crippen LogP contribution >= 0.6 is 11.8 Å². The summed E-state index contributed by atoms with van der Waals surface area (Å²) < 4.78 is 5.44. The maximum absolute atomic E-state index is 12.7. The van der Waals surface area contributed by atoms with Crippen LogP contribution in [0, 0.1) is 16.0 Å². The number of carbonyl (C=O) groups excluding carboxylic acids is 2. The average molecular weight is 378 g/mol. The average Bonchev–Trinajstić information content (AvgIpc) is 2.95. The van der Waals surface area contributed by atoms with Crippen LogP contribution in [0.5, 0.6) is 0 Å². The first kappa shape index (κ1) is 18.7. The van der Waals surface area contributed by atoms with Crippen LogP contribution in [-0.2, 0) is 20.9 Å². The second kappa shape index (κ2) is 7.65. The largest absolute Gasteiger partial charge is 0.459 e. The maximum atomic E-state index is 12.7. The van der Waals surface area contributed by atoms with Gasteiger partial charge in [0.05, 0.1) is 10.8 Å². The van der Waals surface area contributed by atoms with Gasteiger partial charge in [0, 0.05) is 23.4 Å². The number of amides is 1. The fourth-order valence-corrected chi connectivity index (χ4v) is 5.02. The molecule has 0 N–H and O–H groups in total. The van der Waals surface area contributed by atoms with Gasteiger partial charge in [-0.05, 0) is 36.3 Å². The molecule has 8 heteroatoms. The van der Waals surface area contributed by atoms with Gasteiger partial charge < -0.3 is 9.64 Å². The van der Waals surface area contributed by atoms with E-state index in [2.05, 4.69) is 0 Å². The second-order valence-corrected chi connectivity index (χ2v) is 8.05. The van der Waals surface area contributed by atoms with E-state index in [-0.39, 0.29) is 41.4 Å². The number of fused-ring (bicyclic) bond motifs is 1. The first-order valence-electron chi connectivity index (χ1n) is 8.81. The Hall–Kier alpha value is -2.09. The zero-order chi connectivity index (χ0) is 18.8. The Labute approximate surface area is 156 Å². The zero-order valence-electron chi connectivity index (χ0n) is 14.8. The number of non-ortho nitro benzene ring substituents is 1. The third-order valence-corrected chi connectivity index (χ3v) is 6.32. The van der Waals surface area contributed by atoms with E-state index in [0.29, 0.717) is 5.56 Å². The molecule has 0 radical (unpaired) electrons. The van der Waals surface area contributed by atoms with E-state index < -0.39 is 11.0 Å². The van der Waals surface area contributed by atoms with Crippen LogP contribution in [-0.4, -0.2) is 44.8 Å². The van der Waals surface area contributed by atoms with Gasteiger partial charge in [0.1, 0.15) is 12.6 Å². The summed E-state index contributed by atoms with van der Waals surface area (Å²) in [5, 5.41) is 10.8. The van der Waals surface area contributed by atoms with E-state index in [9.17, 15) is 19.7 Å². The molecule has 2 aliphatic heterocycles. The van der Waals surface area contributed by atoms with Gasteiger partial charge in [-0.1, -0.05) is 13.8 Å². The predicted molar refractivity (Wildman–Crippen MR) is 97.6 cm³/mol. The van der Waals surface area contributed by atoms with Crippen molar-refractivity contribution in [3.63, 3.8) is 0 Å². The van der Waals surface area contributed by atoms with Gasteiger partial charge in [-0.2, -0.15) is 11.8 Å². The molecule has 140 valence electrons. The number of thioether (sulfide) groups is 1. The minimum absolute atomic E-state index is 0.00472. The number of benzene rings is 1. The molecule has 0 aromatic heterocycles. The van der Waals surface area contributed by atoms with E-state index in [1.54, 1.807) is 28.8 Å². The van der Waals surface area contributed by atoms with Crippen molar-refractivity contribution in [2.45, 2.75) is 50.6 Å². The smallest absolute Gasteiger partial charge is 0.330 e. The summed E-state index contributed by atoms with van der Waals surface area (Å²) in [5.74, 6) is 0.568. The number of rotatable bonds is 7. The molecule has 1 amide bonds. The summed E-state index contributed by atoms with van der Waals surface area (Å²) in [5.41, 5.74) is 0.675. The van der Waals surface area contributed by atoms with Crippen molar-refractivity contribution in [3.05, 3.63) is 39.9 Å². The Morgan fingerprint density at radius 2 is 2.04 bits per heavy atom. The molecule has 0 spiro atoms. The normalized spacial score (nSPS) is 27.0. The molecule has 7 nitrogen and oxygen atoms in total. The molecular formula is C18H22N2O5S. The van der Waals surface area contributed by atoms with Gasteiger partial charge in [-0.3, -0.25) is 14.9 Å². The summed E-state index contributed by atoms with van der Waals surface area (Å²) in [4.78, 5) is 37.0. The van der Waals surface area contributed by atoms with Crippen LogP contribution in [0.15, 0.2) is 24.3 Å². The number of hydrogen-bond donors (Lipinski definition) is 0. The fourth-order valence-electron chi connectivity index (χ4n) is 3.84. The number of β-lactam (4-membered cyclic amide) rings is 1. The van der Waals surface area contributed by atoms with Crippen molar-refractivity contribution in [1.82, 2.24) is 4.90 Å². The lowest BCUT2D eigenvalue weighted by Crippen LogP contribution is -2.62. The van der Waals surface area contributed by atoms with Crippen molar-refractivity contribution in [3.8, 4) is 0 Å². The number of hydrogen-bond acceptors (Lipinski definition) is 6. The molecule has 1 aromatic rings. The van der Waals surface area contributed by atoms with Crippen LogP contribution in [0.3, 0.4) is 0 Å². The van der Waals surface area contributed by atoms with E-state index in [1.165, 1.54) is 12.1 Å². The van der Waals surface area contributed by atoms with E-state index in [1.807, 2.05) is 13.8 Å². The van der Waals surface area contributed by atoms with Crippen molar-refractivity contribution in [2.75, 3.05) is 5.75 Å². The second-order valence-electron chi connectivity index (χ2n) is 6.53. The van der Waals surface area contributed by atoms with Crippen LogP contribution in [0.4, 0.5) is 5.69 Å². The molecule has 2 aliphatic rings. The Kier molecular flexibility index (Phi) is 5.50. The Bertz CT molecular complexity index is 708. The van der Waals surface area contributed by atoms with E-state index >= 15 is 0 Å². The molecule has 2 heterocycles. The molecular weight excluding hydrogens is 356 g/mol. The Morgan fingerprint density at radius 1 is 1.35 bits per heavy atom. The SMILES string of the molecule is CCS[C@H]1CC2[C@H](CC)C(=O)N2[C@@H]1C(=O)OCc1ccc([N+](=O)[O-])cc1. The molecule has 2 fully saturated rings. The molecule has 2 saturated heterocycles. The van der Waals surface area contributed by atoms with Crippen LogP contribution in [0.25, 0.3) is 0 Å². The molecule has 1 unspecified atom stereocenters. The van der Waals surface area contributed by atoms with Crippen LogP contribution < -0.4 is 0 Å². The van der Waals surface area contributed by atoms with Gasteiger partial charge in [0.25, 0.3) is 5.69 Å². The number of nitro benzene ring substituents is 1. The molecule has 1 aromatic carbocycles. The standard InChI is InChI=1S/C18H22N2O5S/c1-3-13-14-9-15(26-4-2)16(19(14)17(13)21)18(22)25-10-11-5-7-12(8-6-11)20(23)24/h5-8,13-16H,3-4,9-10H2,1-2H3/t13-,14?,15-,16-/m0/s1. The fraction of sp³-hybridized carbons (Fsp3) is 0.556. The van der Waals surface area contributed by atoms with Crippen LogP contribution in [0.2, 0.25) is 0 Å². The summed E-state index contributed by atoms with van der Waals surface area (Å²) in [6.07, 6.45) is 1.63. The molecule has 3 rings (SSSR count). The summed E-state index contributed by atoms with van der Waals surface area (Å²) in [7, 11) is 0. The third-order valence-electron chi connectivity index (χ3n) is 5.11. The summed E-state index contributed by atoms with van der Waals surface area (Å²) in [6.45, 7) is 4.08. The highest BCUT2D eigenvalue weighted by Gasteiger charge is 2.59. The van der Waals surface area contributed by atoms with Crippen molar-refractivity contribution in [2.24, 2.45) is 5.92 Å². The lowest BCUT2D eigenvalue weighted by molar-refractivity contribution is -0.384. The van der Waals surface area contributed by atoms with Gasteiger partial charge in [-0.25, -0.2) is 4.79 Å². The predicted octanol–water partition coefficient (Wildman–Crippen LogP) is 2.77. The highest BCUT2D eigenvalue weighted by Crippen LogP contribution is 2.45. The van der Waals surface area contributed by atoms with E-state index in [0.717, 1.165) is 18.6 Å². The number of carbonyl (C=O) groups is 2. The third kappa shape index (κ3) is 3.30. The Balaban J connectivity index is 1.65. The first-order chi connectivity index (χ1) is 12.5. The van der Waals surface area contributed by atoms with E-state index in [4.69, 9.17) is 4.74 Å². The summed E-state index contributed by atoms with van der Waals surface area (Å²) >= 11 is 1.69. The van der Waals surface area contributed by atoms with Crippen molar-refractivity contribution >= 4 is 29.3 Å². The lowest BCUT2D eigenvalue weighted by Gasteiger charge is -2.44. The molecule has 0 bridgehead atoms. The van der Waals surface area contributed by atoms with Gasteiger partial charge in [-0.15, -0.1) is 0 Å². The van der Waals surface area contributed by atoms with Crippen LogP contribution in [0.1, 0.15) is 32.3 Å². The van der Waals surface area contributed by atoms with Crippen molar-refractivity contribution in [1.29, 1.82) is 0 Å². The summed E-state index contributed by atoms with van der Waals surface area (Å²) in [6, 6.07) is 5.53. The first-order valence-corrected chi connectivity index (χ1v) is 9.86. The van der Waals surface area contributed by atoms with Crippen molar-refractivity contribution < 1.29 is 19.2 Å². The number of esters is 1. The highest BCUT2D eigenvalue weighted by molar-refractivity contribution is 7.99. The van der Waals surface area contributed by atoms with Gasteiger partial charge >= 0.3 is 5.97 Å². The molecule has 0 aliphatic carbocycles. The number of ether oxygens (including phenoxy) is 1. The van der Waals surface area contributed by atoms with Gasteiger partial charge in [0.2, 0.25) is 5.91 Å².